The van der Waals surface area contributed by atoms with Crippen LogP contribution in [-0.2, 0) is 23.9 Å². The molecule has 198 valence electrons. The minimum Gasteiger partial charge on any atom is -0.465 e. The minimum absolute atomic E-state index is 0.0631. The highest BCUT2D eigenvalue weighted by Gasteiger charge is 2.38. The molecule has 1 saturated heterocycles. The standard InChI is InChI=1S/C24H42N6O5/c1-3-5-6-9-21(31)28-20(24(34)30(19-10-11-19)16-23(33)35-4-2)13-22(32)26-14-18-8-7-12-29(15-18)17-27-25/h17-20H,3-16,25H2,1-2H3,(H,26,32)(H,28,31)/t18-,20-/m0/s1. The van der Waals surface area contributed by atoms with E-state index < -0.39 is 17.9 Å². The van der Waals surface area contributed by atoms with Crippen molar-refractivity contribution in [3.63, 3.8) is 0 Å². The molecule has 2 fully saturated rings. The van der Waals surface area contributed by atoms with E-state index in [0.29, 0.717) is 13.0 Å². The van der Waals surface area contributed by atoms with Gasteiger partial charge in [0, 0.05) is 32.1 Å². The molecule has 0 aromatic heterocycles. The van der Waals surface area contributed by atoms with Crippen LogP contribution in [0.3, 0.4) is 0 Å². The van der Waals surface area contributed by atoms with Crippen LogP contribution in [0, 0.1) is 5.92 Å². The molecule has 35 heavy (non-hydrogen) atoms. The first kappa shape index (κ1) is 28.4. The maximum atomic E-state index is 13.4. The molecule has 0 aromatic carbocycles. The van der Waals surface area contributed by atoms with E-state index in [-0.39, 0.29) is 43.3 Å². The third kappa shape index (κ3) is 10.5. The van der Waals surface area contributed by atoms with Crippen LogP contribution in [0.4, 0.5) is 0 Å². The molecular formula is C24H42N6O5. The number of likely N-dealkylation sites (tertiary alicyclic amines) is 1. The SMILES string of the molecule is CCCCCC(=O)N[C@@H](CC(=O)NC[C@@H]1CCCN(C=NN)C1)C(=O)N(CC(=O)OCC)C1CC1. The summed E-state index contributed by atoms with van der Waals surface area (Å²) in [5, 5.41) is 9.24. The number of hydrogen-bond acceptors (Lipinski definition) is 7. The second-order valence-corrected chi connectivity index (χ2v) is 9.36. The number of hydrogen-bond donors (Lipinski definition) is 3. The van der Waals surface area contributed by atoms with E-state index in [1.807, 2.05) is 11.8 Å². The highest BCUT2D eigenvalue weighted by atomic mass is 16.5. The topological polar surface area (TPSA) is 146 Å². The van der Waals surface area contributed by atoms with Crippen LogP contribution < -0.4 is 16.5 Å². The van der Waals surface area contributed by atoms with Crippen molar-refractivity contribution in [2.24, 2.45) is 16.9 Å². The molecule has 11 heteroatoms. The zero-order chi connectivity index (χ0) is 25.6. The zero-order valence-electron chi connectivity index (χ0n) is 21.2. The first-order chi connectivity index (χ1) is 16.9. The van der Waals surface area contributed by atoms with Crippen LogP contribution in [0.15, 0.2) is 5.10 Å². The third-order valence-electron chi connectivity index (χ3n) is 6.27. The fourth-order valence-corrected chi connectivity index (χ4v) is 4.30. The Balaban J connectivity index is 1.99. The number of hydrazone groups is 1. The fourth-order valence-electron chi connectivity index (χ4n) is 4.30. The van der Waals surface area contributed by atoms with Gasteiger partial charge in [0.25, 0.3) is 0 Å². The van der Waals surface area contributed by atoms with E-state index in [4.69, 9.17) is 10.6 Å². The number of amides is 3. The van der Waals surface area contributed by atoms with Crippen molar-refractivity contribution in [1.82, 2.24) is 20.4 Å². The number of rotatable bonds is 15. The number of nitrogens with one attached hydrogen (secondary N) is 2. The summed E-state index contributed by atoms with van der Waals surface area (Å²) < 4.78 is 5.02. The van der Waals surface area contributed by atoms with Gasteiger partial charge in [-0.1, -0.05) is 19.8 Å². The predicted octanol–water partition coefficient (Wildman–Crippen LogP) is 0.726. The quantitative estimate of drug-likeness (QED) is 0.0759. The summed E-state index contributed by atoms with van der Waals surface area (Å²) >= 11 is 0. The molecule has 3 amide bonds. The summed E-state index contributed by atoms with van der Waals surface area (Å²) in [5.41, 5.74) is 0. The van der Waals surface area contributed by atoms with Crippen LogP contribution in [0.5, 0.6) is 0 Å². The summed E-state index contributed by atoms with van der Waals surface area (Å²) in [4.78, 5) is 54.2. The van der Waals surface area contributed by atoms with Crippen molar-refractivity contribution in [3.8, 4) is 0 Å². The fraction of sp³-hybridized carbons (Fsp3) is 0.792. The molecule has 1 aliphatic heterocycles. The first-order valence-corrected chi connectivity index (χ1v) is 12.9. The lowest BCUT2D eigenvalue weighted by Gasteiger charge is -2.31. The third-order valence-corrected chi connectivity index (χ3v) is 6.27. The van der Waals surface area contributed by atoms with Gasteiger partial charge in [0.1, 0.15) is 18.9 Å². The molecule has 0 aromatic rings. The van der Waals surface area contributed by atoms with Crippen LogP contribution in [-0.4, -0.2) is 84.7 Å². The molecule has 0 bridgehead atoms. The smallest absolute Gasteiger partial charge is 0.325 e. The molecule has 0 radical (unpaired) electrons. The highest BCUT2D eigenvalue weighted by Crippen LogP contribution is 2.27. The van der Waals surface area contributed by atoms with Crippen LogP contribution >= 0.6 is 0 Å². The lowest BCUT2D eigenvalue weighted by molar-refractivity contribution is -0.150. The van der Waals surface area contributed by atoms with Crippen LogP contribution in [0.1, 0.15) is 71.6 Å². The van der Waals surface area contributed by atoms with E-state index in [9.17, 15) is 19.2 Å². The Morgan fingerprint density at radius 1 is 1.17 bits per heavy atom. The predicted molar refractivity (Wildman–Crippen MR) is 132 cm³/mol. The molecular weight excluding hydrogens is 452 g/mol. The van der Waals surface area contributed by atoms with Crippen LogP contribution in [0.25, 0.3) is 0 Å². The van der Waals surface area contributed by atoms with Gasteiger partial charge in [-0.25, -0.2) is 0 Å². The average molecular weight is 495 g/mol. The summed E-state index contributed by atoms with van der Waals surface area (Å²) in [6.45, 7) is 5.89. The molecule has 1 heterocycles. The van der Waals surface area contributed by atoms with Gasteiger partial charge < -0.3 is 31.0 Å². The second-order valence-electron chi connectivity index (χ2n) is 9.36. The lowest BCUT2D eigenvalue weighted by Crippen LogP contribution is -2.52. The Morgan fingerprint density at radius 2 is 1.94 bits per heavy atom. The van der Waals surface area contributed by atoms with E-state index >= 15 is 0 Å². The van der Waals surface area contributed by atoms with Crippen molar-refractivity contribution >= 4 is 30.0 Å². The molecule has 4 N–H and O–H groups in total. The molecule has 2 aliphatic rings. The van der Waals surface area contributed by atoms with E-state index in [1.165, 1.54) is 4.90 Å². The Morgan fingerprint density at radius 3 is 2.60 bits per heavy atom. The Labute approximate surface area is 208 Å². The molecule has 11 nitrogen and oxygen atoms in total. The molecule has 2 atom stereocenters. The zero-order valence-corrected chi connectivity index (χ0v) is 21.2. The van der Waals surface area contributed by atoms with Gasteiger partial charge in [-0.15, -0.1) is 0 Å². The molecule has 0 spiro atoms. The lowest BCUT2D eigenvalue weighted by atomic mass is 9.98. The van der Waals surface area contributed by atoms with Crippen molar-refractivity contribution in [1.29, 1.82) is 0 Å². The summed E-state index contributed by atoms with van der Waals surface area (Å²) in [6.07, 6.45) is 7.86. The van der Waals surface area contributed by atoms with Crippen molar-refractivity contribution in [2.75, 3.05) is 32.8 Å². The van der Waals surface area contributed by atoms with Gasteiger partial charge >= 0.3 is 5.97 Å². The van der Waals surface area contributed by atoms with Gasteiger partial charge in [-0.3, -0.25) is 19.2 Å². The monoisotopic (exact) mass is 494 g/mol. The van der Waals surface area contributed by atoms with Gasteiger partial charge in [0.2, 0.25) is 17.7 Å². The van der Waals surface area contributed by atoms with E-state index in [1.54, 1.807) is 13.3 Å². The Bertz CT molecular complexity index is 742. The number of ether oxygens (including phenoxy) is 1. The van der Waals surface area contributed by atoms with Crippen molar-refractivity contribution < 1.29 is 23.9 Å². The highest BCUT2D eigenvalue weighted by molar-refractivity contribution is 5.93. The van der Waals surface area contributed by atoms with Gasteiger partial charge in [0.15, 0.2) is 0 Å². The van der Waals surface area contributed by atoms with Gasteiger partial charge in [-0.2, -0.15) is 5.10 Å². The largest absolute Gasteiger partial charge is 0.465 e. The normalized spacial score (nSPS) is 18.7. The molecule has 1 saturated carbocycles. The summed E-state index contributed by atoms with van der Waals surface area (Å²) in [5.74, 6) is 4.01. The number of carbonyl (C=O) groups excluding carboxylic acids is 4. The van der Waals surface area contributed by atoms with Gasteiger partial charge in [0.05, 0.1) is 13.0 Å². The van der Waals surface area contributed by atoms with E-state index in [0.717, 1.165) is 58.0 Å². The Kier molecular flexibility index (Phi) is 12.3. The molecule has 1 aliphatic carbocycles. The number of piperidine rings is 1. The number of nitrogens with two attached hydrogens (primary N) is 1. The van der Waals surface area contributed by atoms with Crippen LogP contribution in [0.2, 0.25) is 0 Å². The minimum atomic E-state index is -1.02. The second kappa shape index (κ2) is 15.2. The maximum absolute atomic E-state index is 13.4. The Hall–Kier alpha value is -2.85. The van der Waals surface area contributed by atoms with E-state index in [2.05, 4.69) is 15.7 Å². The number of esters is 1. The van der Waals surface area contributed by atoms with Gasteiger partial charge in [-0.05, 0) is 44.9 Å². The molecule has 0 unspecified atom stereocenters. The maximum Gasteiger partial charge on any atom is 0.325 e. The summed E-state index contributed by atoms with van der Waals surface area (Å²) in [6, 6.07) is -1.08. The molecule has 2 rings (SSSR count). The number of unbranched alkanes of at least 4 members (excludes halogenated alkanes) is 2. The number of carbonyl (C=O) groups is 4. The number of nitrogens with zero attached hydrogens (tertiary/aromatic N) is 3. The summed E-state index contributed by atoms with van der Waals surface area (Å²) in [7, 11) is 0. The first-order valence-electron chi connectivity index (χ1n) is 12.9. The van der Waals surface area contributed by atoms with Crippen molar-refractivity contribution in [2.45, 2.75) is 83.7 Å². The average Bonchev–Trinajstić information content (AvgIpc) is 3.67. The van der Waals surface area contributed by atoms with Crippen molar-refractivity contribution in [3.05, 3.63) is 0 Å².